The van der Waals surface area contributed by atoms with Gasteiger partial charge >= 0.3 is 5.97 Å². The van der Waals surface area contributed by atoms with Gasteiger partial charge in [-0.2, -0.15) is 0 Å². The Morgan fingerprint density at radius 1 is 1.47 bits per heavy atom. The number of hydrogen-bond donors (Lipinski definition) is 1. The molecule has 92 valence electrons. The fourth-order valence-electron chi connectivity index (χ4n) is 2.20. The van der Waals surface area contributed by atoms with E-state index in [0.717, 1.165) is 12.0 Å². The summed E-state index contributed by atoms with van der Waals surface area (Å²) in [5, 5.41) is 9.16. The number of benzene rings is 1. The smallest absolute Gasteiger partial charge is 0.309 e. The number of ether oxygens (including phenoxy) is 1. The molecule has 0 radical (unpaired) electrons. The number of carboxylic acid groups (broad SMARTS) is 1. The minimum atomic E-state index is -0.774. The molecule has 0 bridgehead atoms. The maximum absolute atomic E-state index is 11.2. The average molecular weight is 234 g/mol. The summed E-state index contributed by atoms with van der Waals surface area (Å²) in [6, 6.07) is 8.13. The van der Waals surface area contributed by atoms with Gasteiger partial charge in [-0.3, -0.25) is 4.79 Å². The molecule has 1 aliphatic heterocycles. The quantitative estimate of drug-likeness (QED) is 0.874. The van der Waals surface area contributed by atoms with Gasteiger partial charge in [0.15, 0.2) is 0 Å². The molecule has 1 N–H and O–H groups in total. The van der Waals surface area contributed by atoms with Crippen molar-refractivity contribution in [2.45, 2.75) is 32.8 Å². The molecule has 1 aromatic rings. The number of aliphatic carboxylic acids is 1. The van der Waals surface area contributed by atoms with Crippen LogP contribution < -0.4 is 0 Å². The van der Waals surface area contributed by atoms with Crippen molar-refractivity contribution in [3.8, 4) is 0 Å². The Balaban J connectivity index is 2.22. The standard InChI is InChI=1S/C14H18O3/c1-14(2,13(15)16)9-12-11-6-4-3-5-10(11)7-8-17-12/h3-6,12H,7-9H2,1-2H3,(H,15,16). The van der Waals surface area contributed by atoms with Crippen LogP contribution in [0, 0.1) is 5.41 Å². The lowest BCUT2D eigenvalue weighted by Gasteiger charge is -2.31. The zero-order valence-electron chi connectivity index (χ0n) is 10.3. The van der Waals surface area contributed by atoms with Crippen LogP contribution in [0.5, 0.6) is 0 Å². The Kier molecular flexibility index (Phi) is 3.20. The number of hydrogen-bond acceptors (Lipinski definition) is 2. The Morgan fingerprint density at radius 3 is 2.88 bits per heavy atom. The molecule has 1 unspecified atom stereocenters. The van der Waals surface area contributed by atoms with Crippen molar-refractivity contribution < 1.29 is 14.6 Å². The summed E-state index contributed by atoms with van der Waals surface area (Å²) in [5.41, 5.74) is 1.67. The molecule has 2 rings (SSSR count). The lowest BCUT2D eigenvalue weighted by atomic mass is 9.83. The van der Waals surface area contributed by atoms with Crippen LogP contribution in [0.4, 0.5) is 0 Å². The molecule has 0 fully saturated rings. The van der Waals surface area contributed by atoms with Gasteiger partial charge in [0.2, 0.25) is 0 Å². The van der Waals surface area contributed by atoms with E-state index in [2.05, 4.69) is 6.07 Å². The summed E-state index contributed by atoms with van der Waals surface area (Å²) in [4.78, 5) is 11.2. The highest BCUT2D eigenvalue weighted by Crippen LogP contribution is 2.36. The normalized spacial score (nSPS) is 19.8. The van der Waals surface area contributed by atoms with Crippen LogP contribution in [-0.4, -0.2) is 17.7 Å². The maximum Gasteiger partial charge on any atom is 0.309 e. The number of carboxylic acids is 1. The topological polar surface area (TPSA) is 46.5 Å². The molecular formula is C14H18O3. The number of rotatable bonds is 3. The fourth-order valence-corrected chi connectivity index (χ4v) is 2.20. The third-order valence-electron chi connectivity index (χ3n) is 3.37. The molecule has 0 aliphatic carbocycles. The molecule has 0 spiro atoms. The summed E-state index contributed by atoms with van der Waals surface area (Å²) in [6.45, 7) is 4.17. The SMILES string of the molecule is CC(C)(CC1OCCc2ccccc21)C(=O)O. The Labute approximate surface area is 101 Å². The van der Waals surface area contributed by atoms with Crippen molar-refractivity contribution in [2.75, 3.05) is 6.61 Å². The first-order chi connectivity index (χ1) is 8.00. The van der Waals surface area contributed by atoms with Gasteiger partial charge in [0.05, 0.1) is 18.1 Å². The predicted molar refractivity (Wildman–Crippen MR) is 64.9 cm³/mol. The van der Waals surface area contributed by atoms with E-state index in [4.69, 9.17) is 9.84 Å². The predicted octanol–water partition coefficient (Wildman–Crippen LogP) is 2.80. The van der Waals surface area contributed by atoms with Gasteiger partial charge in [-0.05, 0) is 37.8 Å². The average Bonchev–Trinajstić information content (AvgIpc) is 2.29. The maximum atomic E-state index is 11.2. The second-order valence-corrected chi connectivity index (χ2v) is 5.20. The van der Waals surface area contributed by atoms with Gasteiger partial charge in [-0.15, -0.1) is 0 Å². The van der Waals surface area contributed by atoms with E-state index < -0.39 is 11.4 Å². The molecule has 0 saturated carbocycles. The van der Waals surface area contributed by atoms with Crippen LogP contribution in [0.1, 0.15) is 37.5 Å². The fraction of sp³-hybridized carbons (Fsp3) is 0.500. The summed E-state index contributed by atoms with van der Waals surface area (Å²) in [6.07, 6.45) is 1.34. The van der Waals surface area contributed by atoms with Gasteiger partial charge in [0.25, 0.3) is 0 Å². The Bertz CT molecular complexity index is 423. The summed E-state index contributed by atoms with van der Waals surface area (Å²) < 4.78 is 5.73. The van der Waals surface area contributed by atoms with E-state index in [-0.39, 0.29) is 6.10 Å². The molecule has 1 heterocycles. The summed E-state index contributed by atoms with van der Waals surface area (Å²) in [7, 11) is 0. The number of fused-ring (bicyclic) bond motifs is 1. The van der Waals surface area contributed by atoms with Crippen molar-refractivity contribution in [1.29, 1.82) is 0 Å². The lowest BCUT2D eigenvalue weighted by molar-refractivity contribution is -0.149. The Morgan fingerprint density at radius 2 is 2.18 bits per heavy atom. The first-order valence-electron chi connectivity index (χ1n) is 5.93. The number of carbonyl (C=O) groups is 1. The van der Waals surface area contributed by atoms with Crippen LogP contribution in [-0.2, 0) is 16.0 Å². The van der Waals surface area contributed by atoms with Gasteiger partial charge in [0.1, 0.15) is 0 Å². The minimum absolute atomic E-state index is 0.0916. The molecule has 17 heavy (non-hydrogen) atoms. The van der Waals surface area contributed by atoms with Gasteiger partial charge in [-0.25, -0.2) is 0 Å². The molecule has 0 saturated heterocycles. The highest BCUT2D eigenvalue weighted by molar-refractivity contribution is 5.73. The van der Waals surface area contributed by atoms with E-state index in [1.54, 1.807) is 13.8 Å². The first kappa shape index (κ1) is 12.1. The second kappa shape index (κ2) is 4.49. The van der Waals surface area contributed by atoms with Crippen molar-refractivity contribution in [3.63, 3.8) is 0 Å². The van der Waals surface area contributed by atoms with E-state index in [9.17, 15) is 4.79 Å². The molecule has 1 aromatic carbocycles. The van der Waals surface area contributed by atoms with Crippen molar-refractivity contribution >= 4 is 5.97 Å². The third kappa shape index (κ3) is 2.50. The van der Waals surface area contributed by atoms with E-state index >= 15 is 0 Å². The van der Waals surface area contributed by atoms with Crippen LogP contribution in [0.2, 0.25) is 0 Å². The molecule has 3 heteroatoms. The Hall–Kier alpha value is -1.35. The van der Waals surface area contributed by atoms with E-state index in [1.807, 2.05) is 18.2 Å². The molecule has 3 nitrogen and oxygen atoms in total. The van der Waals surface area contributed by atoms with Crippen LogP contribution in [0.25, 0.3) is 0 Å². The van der Waals surface area contributed by atoms with Crippen molar-refractivity contribution in [1.82, 2.24) is 0 Å². The first-order valence-corrected chi connectivity index (χ1v) is 5.93. The van der Waals surface area contributed by atoms with Crippen LogP contribution >= 0.6 is 0 Å². The zero-order chi connectivity index (χ0) is 12.5. The van der Waals surface area contributed by atoms with E-state index in [0.29, 0.717) is 13.0 Å². The molecule has 1 atom stereocenters. The largest absolute Gasteiger partial charge is 0.481 e. The van der Waals surface area contributed by atoms with Crippen LogP contribution in [0.15, 0.2) is 24.3 Å². The van der Waals surface area contributed by atoms with Gasteiger partial charge in [0, 0.05) is 0 Å². The molecule has 0 amide bonds. The molecule has 0 aromatic heterocycles. The van der Waals surface area contributed by atoms with Crippen molar-refractivity contribution in [2.24, 2.45) is 5.41 Å². The highest BCUT2D eigenvalue weighted by Gasteiger charge is 2.33. The summed E-state index contributed by atoms with van der Waals surface area (Å²) in [5.74, 6) is -0.774. The monoisotopic (exact) mass is 234 g/mol. The molecular weight excluding hydrogens is 216 g/mol. The minimum Gasteiger partial charge on any atom is -0.481 e. The van der Waals surface area contributed by atoms with Gasteiger partial charge in [-0.1, -0.05) is 24.3 Å². The second-order valence-electron chi connectivity index (χ2n) is 5.20. The zero-order valence-corrected chi connectivity index (χ0v) is 10.3. The lowest BCUT2D eigenvalue weighted by Crippen LogP contribution is -2.29. The van der Waals surface area contributed by atoms with Gasteiger partial charge < -0.3 is 9.84 Å². The van der Waals surface area contributed by atoms with Crippen molar-refractivity contribution in [3.05, 3.63) is 35.4 Å². The van der Waals surface area contributed by atoms with Crippen LogP contribution in [0.3, 0.4) is 0 Å². The highest BCUT2D eigenvalue weighted by atomic mass is 16.5. The molecule has 1 aliphatic rings. The third-order valence-corrected chi connectivity index (χ3v) is 3.37. The van der Waals surface area contributed by atoms with E-state index in [1.165, 1.54) is 5.56 Å². The summed E-state index contributed by atoms with van der Waals surface area (Å²) >= 11 is 0.